The third-order valence-corrected chi connectivity index (χ3v) is 5.05. The molecule has 2 atom stereocenters. The third-order valence-electron chi connectivity index (χ3n) is 5.05. The van der Waals surface area contributed by atoms with Crippen molar-refractivity contribution in [1.29, 1.82) is 0 Å². The number of esters is 1. The largest absolute Gasteiger partial charge is 0.469 e. The molecule has 1 heterocycles. The summed E-state index contributed by atoms with van der Waals surface area (Å²) in [6, 6.07) is 0.305. The average molecular weight is 310 g/mol. The molecule has 1 saturated heterocycles. The fraction of sp³-hybridized carbons (Fsp3) is 0.882. The van der Waals surface area contributed by atoms with Gasteiger partial charge < -0.3 is 15.0 Å². The van der Waals surface area contributed by atoms with Crippen LogP contribution in [0.25, 0.3) is 0 Å². The summed E-state index contributed by atoms with van der Waals surface area (Å²) in [5, 5.41) is 3.65. The Bertz CT molecular complexity index is 380. The van der Waals surface area contributed by atoms with Crippen LogP contribution in [0.3, 0.4) is 0 Å². The molecule has 5 nitrogen and oxygen atoms in total. The van der Waals surface area contributed by atoms with Crippen LogP contribution in [0.4, 0.5) is 0 Å². The smallest absolute Gasteiger partial charge is 0.305 e. The number of carbonyl (C=O) groups excluding carboxylic acids is 2. The highest BCUT2D eigenvalue weighted by molar-refractivity contribution is 5.76. The molecule has 2 aliphatic rings. The van der Waals surface area contributed by atoms with Crippen molar-refractivity contribution < 1.29 is 14.3 Å². The maximum absolute atomic E-state index is 12.1. The molecular formula is C17H30N2O3. The monoisotopic (exact) mass is 310 g/mol. The van der Waals surface area contributed by atoms with Crippen LogP contribution >= 0.6 is 0 Å². The van der Waals surface area contributed by atoms with E-state index in [-0.39, 0.29) is 17.8 Å². The van der Waals surface area contributed by atoms with E-state index in [0.29, 0.717) is 25.4 Å². The van der Waals surface area contributed by atoms with Gasteiger partial charge in [-0.2, -0.15) is 0 Å². The lowest BCUT2D eigenvalue weighted by Crippen LogP contribution is -2.52. The molecule has 22 heavy (non-hydrogen) atoms. The fourth-order valence-corrected chi connectivity index (χ4v) is 3.79. The van der Waals surface area contributed by atoms with Gasteiger partial charge in [-0.05, 0) is 37.6 Å². The van der Waals surface area contributed by atoms with Gasteiger partial charge in [-0.25, -0.2) is 0 Å². The van der Waals surface area contributed by atoms with Crippen LogP contribution in [0.15, 0.2) is 0 Å². The molecule has 1 amide bonds. The SMILES string of the molecule is CCC(=O)N1CC(CC(=O)OC)CC(NCC2CCCC2)C1. The Labute approximate surface area is 133 Å². The Kier molecular flexibility index (Phi) is 6.68. The molecule has 2 fully saturated rings. The number of piperidine rings is 1. The second-order valence-corrected chi connectivity index (χ2v) is 6.79. The molecule has 0 aromatic heterocycles. The minimum Gasteiger partial charge on any atom is -0.469 e. The van der Waals surface area contributed by atoms with Gasteiger partial charge in [-0.15, -0.1) is 0 Å². The van der Waals surface area contributed by atoms with Gasteiger partial charge >= 0.3 is 5.97 Å². The van der Waals surface area contributed by atoms with Crippen molar-refractivity contribution in [2.24, 2.45) is 11.8 Å². The number of rotatable bonds is 6. The lowest BCUT2D eigenvalue weighted by Gasteiger charge is -2.38. The van der Waals surface area contributed by atoms with E-state index in [4.69, 9.17) is 4.74 Å². The third kappa shape index (κ3) is 4.97. The van der Waals surface area contributed by atoms with Gasteiger partial charge in [0.2, 0.25) is 5.91 Å². The number of ether oxygens (including phenoxy) is 1. The van der Waals surface area contributed by atoms with Crippen molar-refractivity contribution in [3.63, 3.8) is 0 Å². The summed E-state index contributed by atoms with van der Waals surface area (Å²) in [7, 11) is 1.43. The number of nitrogens with zero attached hydrogens (tertiary/aromatic N) is 1. The van der Waals surface area contributed by atoms with Crippen LogP contribution < -0.4 is 5.32 Å². The number of methoxy groups -OCH3 is 1. The molecule has 0 spiro atoms. The zero-order chi connectivity index (χ0) is 15.9. The Morgan fingerprint density at radius 3 is 2.55 bits per heavy atom. The molecule has 2 rings (SSSR count). The van der Waals surface area contributed by atoms with Crippen LogP contribution in [0, 0.1) is 11.8 Å². The van der Waals surface area contributed by atoms with Crippen LogP contribution in [0.2, 0.25) is 0 Å². The Balaban J connectivity index is 1.88. The number of amides is 1. The van der Waals surface area contributed by atoms with Crippen molar-refractivity contribution in [3.05, 3.63) is 0 Å². The molecular weight excluding hydrogens is 280 g/mol. The molecule has 0 bridgehead atoms. The van der Waals surface area contributed by atoms with Gasteiger partial charge in [0.15, 0.2) is 0 Å². The van der Waals surface area contributed by atoms with Gasteiger partial charge in [-0.3, -0.25) is 9.59 Å². The average Bonchev–Trinajstić information content (AvgIpc) is 3.05. The molecule has 1 N–H and O–H groups in total. The maximum Gasteiger partial charge on any atom is 0.305 e. The lowest BCUT2D eigenvalue weighted by atomic mass is 9.91. The summed E-state index contributed by atoms with van der Waals surface area (Å²) in [6.45, 7) is 4.40. The first kappa shape index (κ1) is 17.3. The topological polar surface area (TPSA) is 58.6 Å². The van der Waals surface area contributed by atoms with E-state index in [9.17, 15) is 9.59 Å². The zero-order valence-electron chi connectivity index (χ0n) is 14.0. The number of nitrogens with one attached hydrogen (secondary N) is 1. The zero-order valence-corrected chi connectivity index (χ0v) is 14.0. The van der Waals surface area contributed by atoms with Crippen molar-refractivity contribution in [3.8, 4) is 0 Å². The van der Waals surface area contributed by atoms with E-state index in [1.54, 1.807) is 0 Å². The summed E-state index contributed by atoms with van der Waals surface area (Å²) < 4.78 is 4.79. The van der Waals surface area contributed by atoms with Crippen LogP contribution in [-0.4, -0.2) is 49.6 Å². The number of carbonyl (C=O) groups is 2. The molecule has 126 valence electrons. The Hall–Kier alpha value is -1.10. The first-order valence-corrected chi connectivity index (χ1v) is 8.70. The predicted molar refractivity (Wildman–Crippen MR) is 85.4 cm³/mol. The highest BCUT2D eigenvalue weighted by Crippen LogP contribution is 2.25. The quantitative estimate of drug-likeness (QED) is 0.762. The van der Waals surface area contributed by atoms with E-state index >= 15 is 0 Å². The van der Waals surface area contributed by atoms with Gasteiger partial charge in [0.1, 0.15) is 0 Å². The van der Waals surface area contributed by atoms with Crippen LogP contribution in [0.1, 0.15) is 51.9 Å². The van der Waals surface area contributed by atoms with Crippen molar-refractivity contribution in [2.75, 3.05) is 26.7 Å². The van der Waals surface area contributed by atoms with Gasteiger partial charge in [0.05, 0.1) is 13.5 Å². The van der Waals surface area contributed by atoms with E-state index in [2.05, 4.69) is 5.32 Å². The van der Waals surface area contributed by atoms with E-state index in [1.165, 1.54) is 32.8 Å². The van der Waals surface area contributed by atoms with Crippen molar-refractivity contribution in [1.82, 2.24) is 10.2 Å². The predicted octanol–water partition coefficient (Wildman–Crippen LogP) is 1.96. The van der Waals surface area contributed by atoms with Gasteiger partial charge in [0, 0.05) is 25.6 Å². The number of hydrogen-bond donors (Lipinski definition) is 1. The molecule has 5 heteroatoms. The van der Waals surface area contributed by atoms with E-state index in [0.717, 1.165) is 25.4 Å². The Morgan fingerprint density at radius 2 is 1.91 bits per heavy atom. The highest BCUT2D eigenvalue weighted by atomic mass is 16.5. The normalized spacial score (nSPS) is 26.2. The number of likely N-dealkylation sites (tertiary alicyclic amines) is 1. The molecule has 0 radical (unpaired) electrons. The molecule has 1 aliphatic carbocycles. The second kappa shape index (κ2) is 8.51. The van der Waals surface area contributed by atoms with Gasteiger partial charge in [0.25, 0.3) is 0 Å². The molecule has 2 unspecified atom stereocenters. The fourth-order valence-electron chi connectivity index (χ4n) is 3.79. The van der Waals surface area contributed by atoms with Gasteiger partial charge in [-0.1, -0.05) is 19.8 Å². The van der Waals surface area contributed by atoms with E-state index < -0.39 is 0 Å². The highest BCUT2D eigenvalue weighted by Gasteiger charge is 2.31. The summed E-state index contributed by atoms with van der Waals surface area (Å²) in [5.74, 6) is 1.00. The summed E-state index contributed by atoms with van der Waals surface area (Å²) in [5.41, 5.74) is 0. The first-order chi connectivity index (χ1) is 10.6. The number of hydrogen-bond acceptors (Lipinski definition) is 4. The minimum atomic E-state index is -0.176. The van der Waals surface area contributed by atoms with Crippen LogP contribution in [0.5, 0.6) is 0 Å². The molecule has 1 aliphatic heterocycles. The molecule has 0 aromatic rings. The molecule has 0 aromatic carbocycles. The van der Waals surface area contributed by atoms with Crippen molar-refractivity contribution >= 4 is 11.9 Å². The standard InChI is InChI=1S/C17H30N2O3/c1-3-16(20)19-11-14(9-17(21)22-2)8-15(12-19)18-10-13-6-4-5-7-13/h13-15,18H,3-12H2,1-2H3. The van der Waals surface area contributed by atoms with E-state index in [1.807, 2.05) is 11.8 Å². The second-order valence-electron chi connectivity index (χ2n) is 6.79. The summed E-state index contributed by atoms with van der Waals surface area (Å²) in [6.07, 6.45) is 7.23. The van der Waals surface area contributed by atoms with Crippen molar-refractivity contribution in [2.45, 2.75) is 57.9 Å². The van der Waals surface area contributed by atoms with Crippen LogP contribution in [-0.2, 0) is 14.3 Å². The minimum absolute atomic E-state index is 0.176. The maximum atomic E-state index is 12.1. The summed E-state index contributed by atoms with van der Waals surface area (Å²) >= 11 is 0. The lowest BCUT2D eigenvalue weighted by molar-refractivity contribution is -0.143. The Morgan fingerprint density at radius 1 is 1.18 bits per heavy atom. The summed E-state index contributed by atoms with van der Waals surface area (Å²) in [4.78, 5) is 25.5. The molecule has 1 saturated carbocycles. The first-order valence-electron chi connectivity index (χ1n) is 8.70.